The number of allylic oxidation sites excluding steroid dienone is 3. The van der Waals surface area contributed by atoms with Crippen LogP contribution in [0.5, 0.6) is 0 Å². The van der Waals surface area contributed by atoms with E-state index in [1.807, 2.05) is 24.3 Å². The average Bonchev–Trinajstić information content (AvgIpc) is 2.77. The lowest BCUT2D eigenvalue weighted by Crippen LogP contribution is -2.37. The fourth-order valence-corrected chi connectivity index (χ4v) is 3.95. The Morgan fingerprint density at radius 1 is 0.966 bits per heavy atom. The molecule has 0 N–H and O–H groups in total. The van der Waals surface area contributed by atoms with Crippen LogP contribution in [0.15, 0.2) is 87.3 Å². The minimum absolute atomic E-state index is 0.430. The molecule has 2 aromatic carbocycles. The Hall–Kier alpha value is -3.01. The van der Waals surface area contributed by atoms with Gasteiger partial charge in [-0.15, -0.1) is 4.91 Å². The molecule has 0 atom stereocenters. The Labute approximate surface area is 173 Å². The van der Waals surface area contributed by atoms with Crippen molar-refractivity contribution in [3.8, 4) is 0 Å². The maximum Gasteiger partial charge on any atom is 0.142 e. The van der Waals surface area contributed by atoms with E-state index in [1.165, 1.54) is 22.4 Å². The van der Waals surface area contributed by atoms with Gasteiger partial charge < -0.3 is 4.90 Å². The van der Waals surface area contributed by atoms with Crippen molar-refractivity contribution in [2.75, 3.05) is 6.54 Å². The standard InChI is InChI=1S/C25H29N3O/c1-5-20-22(6-2)26-25(21-14-10-11-15-23(21)27-29)28(24(20)18(3)4)17-16-19-12-8-7-9-13-19/h7-15H,5-6,16-17H2,1-4H3. The van der Waals surface area contributed by atoms with Gasteiger partial charge in [0.05, 0.1) is 0 Å². The lowest BCUT2D eigenvalue weighted by atomic mass is 9.96. The highest BCUT2D eigenvalue weighted by Gasteiger charge is 2.28. The summed E-state index contributed by atoms with van der Waals surface area (Å²) in [7, 11) is 0. The first kappa shape index (κ1) is 20.7. The lowest BCUT2D eigenvalue weighted by Gasteiger charge is -2.36. The summed E-state index contributed by atoms with van der Waals surface area (Å²) in [5, 5.41) is 3.27. The molecule has 0 aromatic heterocycles. The highest BCUT2D eigenvalue weighted by molar-refractivity contribution is 6.05. The zero-order valence-corrected chi connectivity index (χ0v) is 17.8. The summed E-state index contributed by atoms with van der Waals surface area (Å²) < 4.78 is 0. The normalized spacial score (nSPS) is 14.1. The van der Waals surface area contributed by atoms with Gasteiger partial charge in [0.25, 0.3) is 0 Å². The molecule has 0 unspecified atom stereocenters. The summed E-state index contributed by atoms with van der Waals surface area (Å²) in [6.07, 6.45) is 2.67. The van der Waals surface area contributed by atoms with Crippen molar-refractivity contribution < 1.29 is 0 Å². The van der Waals surface area contributed by atoms with Crippen LogP contribution >= 0.6 is 0 Å². The topological polar surface area (TPSA) is 45.0 Å². The zero-order chi connectivity index (χ0) is 20.8. The van der Waals surface area contributed by atoms with Crippen LogP contribution < -0.4 is 0 Å². The molecule has 4 nitrogen and oxygen atoms in total. The van der Waals surface area contributed by atoms with Crippen molar-refractivity contribution in [3.05, 3.63) is 93.2 Å². The number of benzene rings is 2. The minimum atomic E-state index is 0.430. The van der Waals surface area contributed by atoms with E-state index in [1.54, 1.807) is 6.07 Å². The molecule has 150 valence electrons. The second-order valence-electron chi connectivity index (χ2n) is 7.41. The smallest absolute Gasteiger partial charge is 0.142 e. The molecule has 0 saturated carbocycles. The number of nitroso groups, excluding NO2 is 1. The van der Waals surface area contributed by atoms with Crippen LogP contribution in [0.4, 0.5) is 5.69 Å². The summed E-state index contributed by atoms with van der Waals surface area (Å²) in [5.41, 5.74) is 7.37. The van der Waals surface area contributed by atoms with Crippen molar-refractivity contribution in [1.29, 1.82) is 0 Å². The van der Waals surface area contributed by atoms with Gasteiger partial charge in [-0.1, -0.05) is 61.9 Å². The molecule has 0 radical (unpaired) electrons. The van der Waals surface area contributed by atoms with E-state index in [4.69, 9.17) is 4.99 Å². The largest absolute Gasteiger partial charge is 0.325 e. The summed E-state index contributed by atoms with van der Waals surface area (Å²) in [6, 6.07) is 18.0. The van der Waals surface area contributed by atoms with E-state index in [-0.39, 0.29) is 0 Å². The fraction of sp³-hybridized carbons (Fsp3) is 0.320. The van der Waals surface area contributed by atoms with Gasteiger partial charge in [0.2, 0.25) is 0 Å². The highest BCUT2D eigenvalue weighted by Crippen LogP contribution is 2.35. The van der Waals surface area contributed by atoms with E-state index >= 15 is 0 Å². The van der Waals surface area contributed by atoms with Crippen LogP contribution in [0.3, 0.4) is 0 Å². The molecule has 0 saturated heterocycles. The monoisotopic (exact) mass is 387 g/mol. The molecule has 0 bridgehead atoms. The van der Waals surface area contributed by atoms with Gasteiger partial charge in [-0.3, -0.25) is 0 Å². The molecule has 1 aliphatic rings. The number of nitrogens with zero attached hydrogens (tertiary/aromatic N) is 3. The van der Waals surface area contributed by atoms with Gasteiger partial charge >= 0.3 is 0 Å². The quantitative estimate of drug-likeness (QED) is 0.493. The van der Waals surface area contributed by atoms with Crippen LogP contribution in [0, 0.1) is 4.91 Å². The van der Waals surface area contributed by atoms with Gasteiger partial charge in [-0.25, -0.2) is 4.99 Å². The first-order valence-electron chi connectivity index (χ1n) is 10.3. The predicted octanol–water partition coefficient (Wildman–Crippen LogP) is 6.76. The van der Waals surface area contributed by atoms with Crippen LogP contribution in [0.1, 0.15) is 51.7 Å². The van der Waals surface area contributed by atoms with Crippen LogP contribution in [-0.2, 0) is 6.42 Å². The number of rotatable bonds is 7. The molecule has 4 heteroatoms. The van der Waals surface area contributed by atoms with Crippen molar-refractivity contribution >= 4 is 11.5 Å². The van der Waals surface area contributed by atoms with Crippen LogP contribution in [-0.4, -0.2) is 17.3 Å². The summed E-state index contributed by atoms with van der Waals surface area (Å²) in [6.45, 7) is 9.42. The molecule has 29 heavy (non-hydrogen) atoms. The molecule has 3 rings (SSSR count). The Balaban J connectivity index is 2.14. The second kappa shape index (κ2) is 9.46. The molecule has 0 amide bonds. The number of aliphatic imine (C=N–C) groups is 1. The first-order chi connectivity index (χ1) is 14.1. The first-order valence-corrected chi connectivity index (χ1v) is 10.3. The Morgan fingerprint density at radius 3 is 2.28 bits per heavy atom. The number of hydrogen-bond donors (Lipinski definition) is 0. The predicted molar refractivity (Wildman–Crippen MR) is 121 cm³/mol. The maximum absolute atomic E-state index is 11.5. The van der Waals surface area contributed by atoms with Gasteiger partial charge in [-0.2, -0.15) is 0 Å². The van der Waals surface area contributed by atoms with E-state index in [2.05, 4.69) is 62.0 Å². The van der Waals surface area contributed by atoms with Gasteiger partial charge in [0.15, 0.2) is 0 Å². The Morgan fingerprint density at radius 2 is 1.66 bits per heavy atom. The van der Waals surface area contributed by atoms with Gasteiger partial charge in [-0.05, 0) is 61.6 Å². The molecule has 2 aromatic rings. The molecular weight excluding hydrogens is 358 g/mol. The molecule has 0 spiro atoms. The minimum Gasteiger partial charge on any atom is -0.325 e. The third-order valence-electron chi connectivity index (χ3n) is 5.27. The van der Waals surface area contributed by atoms with E-state index in [0.29, 0.717) is 5.69 Å². The third-order valence-corrected chi connectivity index (χ3v) is 5.27. The SMILES string of the molecule is CCC1=C(CC)C(=C(C)C)N(CCc2ccccc2)C(c2ccccc2N=O)=N1. The van der Waals surface area contributed by atoms with Crippen LogP contribution in [0.25, 0.3) is 0 Å². The third kappa shape index (κ3) is 4.37. The highest BCUT2D eigenvalue weighted by atomic mass is 16.3. The molecule has 1 heterocycles. The second-order valence-corrected chi connectivity index (χ2v) is 7.41. The Kier molecular flexibility index (Phi) is 6.76. The average molecular weight is 388 g/mol. The fourth-order valence-electron chi connectivity index (χ4n) is 3.95. The van der Waals surface area contributed by atoms with E-state index in [9.17, 15) is 4.91 Å². The van der Waals surface area contributed by atoms with E-state index < -0.39 is 0 Å². The number of amidine groups is 1. The molecule has 0 fully saturated rings. The molecular formula is C25H29N3O. The van der Waals surface area contributed by atoms with Crippen molar-refractivity contribution in [2.24, 2.45) is 10.2 Å². The summed E-state index contributed by atoms with van der Waals surface area (Å²) >= 11 is 0. The van der Waals surface area contributed by atoms with Crippen molar-refractivity contribution in [1.82, 2.24) is 4.90 Å². The van der Waals surface area contributed by atoms with E-state index in [0.717, 1.165) is 42.9 Å². The maximum atomic E-state index is 11.5. The number of hydrogen-bond acceptors (Lipinski definition) is 4. The van der Waals surface area contributed by atoms with Gasteiger partial charge in [0.1, 0.15) is 11.5 Å². The lowest BCUT2D eigenvalue weighted by molar-refractivity contribution is 0.502. The van der Waals surface area contributed by atoms with Crippen molar-refractivity contribution in [2.45, 2.75) is 47.0 Å². The van der Waals surface area contributed by atoms with Crippen molar-refractivity contribution in [3.63, 3.8) is 0 Å². The zero-order valence-electron chi connectivity index (χ0n) is 17.8. The molecule has 0 aliphatic carbocycles. The molecule has 1 aliphatic heterocycles. The summed E-state index contributed by atoms with van der Waals surface area (Å²) in [5.74, 6) is 0.821. The van der Waals surface area contributed by atoms with Gasteiger partial charge in [0, 0.05) is 23.5 Å². The van der Waals surface area contributed by atoms with Crippen LogP contribution in [0.2, 0.25) is 0 Å². The summed E-state index contributed by atoms with van der Waals surface area (Å²) in [4.78, 5) is 18.8. The Bertz CT molecular complexity index is 967.